The molecule has 0 aliphatic carbocycles. The Labute approximate surface area is 113 Å². The number of carbonyl (C=O) groups is 1. The van der Waals surface area contributed by atoms with Crippen LogP contribution in [0.5, 0.6) is 0 Å². The summed E-state index contributed by atoms with van der Waals surface area (Å²) < 4.78 is 2.27. The van der Waals surface area contributed by atoms with Gasteiger partial charge in [0.1, 0.15) is 4.60 Å². The van der Waals surface area contributed by atoms with Gasteiger partial charge in [-0.2, -0.15) is 5.10 Å². The second kappa shape index (κ2) is 4.89. The largest absolute Gasteiger partial charge is 0.319 e. The zero-order chi connectivity index (χ0) is 13.3. The van der Waals surface area contributed by atoms with Crippen LogP contribution in [0.3, 0.4) is 0 Å². The minimum atomic E-state index is -0.200. The molecule has 0 unspecified atom stereocenters. The third kappa shape index (κ3) is 2.28. The van der Waals surface area contributed by atoms with Crippen LogP contribution in [0.2, 0.25) is 0 Å². The zero-order valence-corrected chi connectivity index (χ0v) is 11.9. The van der Waals surface area contributed by atoms with Gasteiger partial charge in [-0.3, -0.25) is 9.48 Å². The average molecular weight is 309 g/mol. The van der Waals surface area contributed by atoms with Crippen LogP contribution in [0.1, 0.15) is 21.7 Å². The molecule has 5 nitrogen and oxygen atoms in total. The summed E-state index contributed by atoms with van der Waals surface area (Å²) in [5.41, 5.74) is 2.96. The number of hydrogen-bond acceptors (Lipinski definition) is 3. The Kier molecular flexibility index (Phi) is 3.47. The molecular weight excluding hydrogens is 296 g/mol. The van der Waals surface area contributed by atoms with E-state index in [2.05, 4.69) is 31.3 Å². The van der Waals surface area contributed by atoms with Crippen LogP contribution >= 0.6 is 15.9 Å². The molecule has 0 saturated carbocycles. The second-order valence-electron chi connectivity index (χ2n) is 3.97. The van der Waals surface area contributed by atoms with Gasteiger partial charge in [-0.25, -0.2) is 4.98 Å². The van der Waals surface area contributed by atoms with Crippen molar-refractivity contribution < 1.29 is 4.79 Å². The Morgan fingerprint density at radius 1 is 1.44 bits per heavy atom. The molecule has 1 N–H and O–H groups in total. The predicted molar refractivity (Wildman–Crippen MR) is 72.6 cm³/mol. The molecule has 0 radical (unpaired) electrons. The van der Waals surface area contributed by atoms with Gasteiger partial charge >= 0.3 is 0 Å². The van der Waals surface area contributed by atoms with E-state index in [1.54, 1.807) is 23.0 Å². The zero-order valence-electron chi connectivity index (χ0n) is 10.4. The van der Waals surface area contributed by atoms with Crippen molar-refractivity contribution >= 4 is 27.5 Å². The Morgan fingerprint density at radius 2 is 2.17 bits per heavy atom. The van der Waals surface area contributed by atoms with Gasteiger partial charge in [0, 0.05) is 13.2 Å². The number of nitrogens with one attached hydrogen (secondary N) is 1. The maximum atomic E-state index is 12.1. The lowest BCUT2D eigenvalue weighted by Crippen LogP contribution is -2.14. The number of aromatic nitrogens is 3. The van der Waals surface area contributed by atoms with E-state index < -0.39 is 0 Å². The summed E-state index contributed by atoms with van der Waals surface area (Å²) in [7, 11) is 1.85. The number of anilines is 1. The molecule has 2 aromatic heterocycles. The van der Waals surface area contributed by atoms with Gasteiger partial charge in [0.15, 0.2) is 0 Å². The second-order valence-corrected chi connectivity index (χ2v) is 4.72. The first-order chi connectivity index (χ1) is 8.50. The lowest BCUT2D eigenvalue weighted by Gasteiger charge is -2.06. The topological polar surface area (TPSA) is 59.8 Å². The van der Waals surface area contributed by atoms with Crippen molar-refractivity contribution in [3.63, 3.8) is 0 Å². The summed E-state index contributed by atoms with van der Waals surface area (Å²) in [5.74, 6) is -0.200. The molecule has 0 aliphatic rings. The number of amides is 1. The highest BCUT2D eigenvalue weighted by Crippen LogP contribution is 2.21. The van der Waals surface area contributed by atoms with E-state index in [0.29, 0.717) is 10.2 Å². The molecule has 18 heavy (non-hydrogen) atoms. The monoisotopic (exact) mass is 308 g/mol. The maximum absolute atomic E-state index is 12.1. The van der Waals surface area contributed by atoms with Crippen LogP contribution in [0, 0.1) is 13.8 Å². The Bertz CT molecular complexity index is 606. The summed E-state index contributed by atoms with van der Waals surface area (Å²) in [4.78, 5) is 16.2. The number of carbonyl (C=O) groups excluding carboxylic acids is 1. The van der Waals surface area contributed by atoms with Crippen molar-refractivity contribution in [1.82, 2.24) is 14.8 Å². The number of halogens is 1. The van der Waals surface area contributed by atoms with Crippen molar-refractivity contribution in [2.45, 2.75) is 13.8 Å². The van der Waals surface area contributed by atoms with Crippen LogP contribution in [-0.4, -0.2) is 20.7 Å². The highest BCUT2D eigenvalue weighted by Gasteiger charge is 2.15. The van der Waals surface area contributed by atoms with Crippen LogP contribution in [-0.2, 0) is 7.05 Å². The van der Waals surface area contributed by atoms with Crippen LogP contribution in [0.25, 0.3) is 0 Å². The first-order valence-corrected chi connectivity index (χ1v) is 6.22. The molecule has 0 aliphatic heterocycles. The van der Waals surface area contributed by atoms with Gasteiger partial charge in [-0.15, -0.1) is 0 Å². The predicted octanol–water partition coefficient (Wildman–Crippen LogP) is 2.45. The molecule has 2 rings (SSSR count). The van der Waals surface area contributed by atoms with E-state index in [1.165, 1.54) is 0 Å². The Morgan fingerprint density at radius 3 is 2.72 bits per heavy atom. The minimum Gasteiger partial charge on any atom is -0.319 e. The molecule has 1 amide bonds. The van der Waals surface area contributed by atoms with E-state index >= 15 is 0 Å². The summed E-state index contributed by atoms with van der Waals surface area (Å²) in [6.07, 6.45) is 1.63. The Hall–Kier alpha value is -1.69. The summed E-state index contributed by atoms with van der Waals surface area (Å²) in [6, 6.07) is 3.44. The quantitative estimate of drug-likeness (QED) is 0.867. The van der Waals surface area contributed by atoms with Crippen LogP contribution < -0.4 is 5.32 Å². The Balaban J connectivity index is 2.30. The van der Waals surface area contributed by atoms with Gasteiger partial charge in [-0.1, -0.05) is 0 Å². The molecule has 0 saturated heterocycles. The highest BCUT2D eigenvalue weighted by molar-refractivity contribution is 9.10. The average Bonchev–Trinajstić information content (AvgIpc) is 2.56. The fourth-order valence-electron chi connectivity index (χ4n) is 1.69. The van der Waals surface area contributed by atoms with Crippen molar-refractivity contribution in [2.75, 3.05) is 5.32 Å². The molecule has 6 heteroatoms. The van der Waals surface area contributed by atoms with Gasteiger partial charge in [0.2, 0.25) is 0 Å². The number of hydrogen-bond donors (Lipinski definition) is 1. The van der Waals surface area contributed by atoms with E-state index in [4.69, 9.17) is 0 Å². The van der Waals surface area contributed by atoms with Gasteiger partial charge in [0.05, 0.1) is 22.6 Å². The number of aryl methyl sites for hydroxylation is 2. The normalized spacial score (nSPS) is 10.4. The van der Waals surface area contributed by atoms with Gasteiger partial charge in [-0.05, 0) is 41.9 Å². The molecule has 0 spiro atoms. The fraction of sp³-hybridized carbons (Fsp3) is 0.250. The smallest absolute Gasteiger partial charge is 0.258 e. The van der Waals surface area contributed by atoms with Crippen molar-refractivity contribution in [2.24, 2.45) is 7.05 Å². The van der Waals surface area contributed by atoms with E-state index in [-0.39, 0.29) is 5.91 Å². The summed E-state index contributed by atoms with van der Waals surface area (Å²) in [6.45, 7) is 3.77. The SMILES string of the molecule is Cc1nn(C)c(C)c1NC(=O)c1cccnc1Br. The number of rotatable bonds is 2. The first-order valence-electron chi connectivity index (χ1n) is 5.42. The highest BCUT2D eigenvalue weighted by atomic mass is 79.9. The molecule has 94 valence electrons. The molecule has 0 atom stereocenters. The summed E-state index contributed by atoms with van der Waals surface area (Å²) >= 11 is 3.26. The molecule has 0 fully saturated rings. The number of nitrogens with zero attached hydrogens (tertiary/aromatic N) is 3. The third-order valence-electron chi connectivity index (χ3n) is 2.75. The molecule has 0 bridgehead atoms. The van der Waals surface area contributed by atoms with Gasteiger partial charge in [0.25, 0.3) is 5.91 Å². The molecular formula is C12H13BrN4O. The molecule has 2 heterocycles. The molecule has 0 aromatic carbocycles. The van der Waals surface area contributed by atoms with Crippen LogP contribution in [0.15, 0.2) is 22.9 Å². The first kappa shape index (κ1) is 12.8. The van der Waals surface area contributed by atoms with Crippen molar-refractivity contribution in [1.29, 1.82) is 0 Å². The lowest BCUT2D eigenvalue weighted by atomic mass is 10.2. The maximum Gasteiger partial charge on any atom is 0.258 e. The van der Waals surface area contributed by atoms with E-state index in [9.17, 15) is 4.79 Å². The van der Waals surface area contributed by atoms with Crippen molar-refractivity contribution in [3.05, 3.63) is 39.9 Å². The van der Waals surface area contributed by atoms with E-state index in [1.807, 2.05) is 20.9 Å². The fourth-order valence-corrected chi connectivity index (χ4v) is 2.12. The molecule has 2 aromatic rings. The minimum absolute atomic E-state index is 0.200. The van der Waals surface area contributed by atoms with E-state index in [0.717, 1.165) is 17.1 Å². The standard InChI is InChI=1S/C12H13BrN4O/c1-7-10(8(2)17(3)16-7)15-12(18)9-5-4-6-14-11(9)13/h4-6H,1-3H3,(H,15,18). The summed E-state index contributed by atoms with van der Waals surface area (Å²) in [5, 5.41) is 7.12. The number of pyridine rings is 1. The lowest BCUT2D eigenvalue weighted by molar-refractivity contribution is 0.102. The van der Waals surface area contributed by atoms with Crippen LogP contribution in [0.4, 0.5) is 5.69 Å². The van der Waals surface area contributed by atoms with Gasteiger partial charge < -0.3 is 5.32 Å². The van der Waals surface area contributed by atoms with Crippen molar-refractivity contribution in [3.8, 4) is 0 Å². The third-order valence-corrected chi connectivity index (χ3v) is 3.38.